The number of rotatable bonds is 4. The molecular formula is C29H21F5. The predicted octanol–water partition coefficient (Wildman–Crippen LogP) is 7.88. The molecule has 0 aliphatic heterocycles. The van der Waals surface area contributed by atoms with E-state index < -0.39 is 23.4 Å². The number of aryl methyl sites for hydroxylation is 3. The van der Waals surface area contributed by atoms with E-state index in [1.54, 1.807) is 12.1 Å². The maximum Gasteiger partial charge on any atom is 0.419 e. The molecule has 0 amide bonds. The molecule has 5 heteroatoms. The predicted molar refractivity (Wildman–Crippen MR) is 125 cm³/mol. The summed E-state index contributed by atoms with van der Waals surface area (Å²) in [6.45, 7) is 2.12. The van der Waals surface area contributed by atoms with Crippen molar-refractivity contribution >= 4 is 10.8 Å². The van der Waals surface area contributed by atoms with Crippen LogP contribution in [-0.4, -0.2) is 0 Å². The minimum atomic E-state index is -4.78. The molecule has 0 nitrogen and oxygen atoms in total. The van der Waals surface area contributed by atoms with Gasteiger partial charge < -0.3 is 0 Å². The Morgan fingerprint density at radius 1 is 0.706 bits per heavy atom. The summed E-state index contributed by atoms with van der Waals surface area (Å²) < 4.78 is 66.8. The molecule has 0 spiro atoms. The second-order valence-electron chi connectivity index (χ2n) is 8.10. The molecule has 0 bridgehead atoms. The van der Waals surface area contributed by atoms with Gasteiger partial charge in [-0.3, -0.25) is 0 Å². The Balaban J connectivity index is 1.53. The van der Waals surface area contributed by atoms with Crippen LogP contribution in [0.1, 0.15) is 40.3 Å². The molecule has 0 N–H and O–H groups in total. The normalized spacial score (nSPS) is 11.4. The quantitative estimate of drug-likeness (QED) is 0.213. The van der Waals surface area contributed by atoms with E-state index in [-0.39, 0.29) is 11.1 Å². The Kier molecular flexibility index (Phi) is 6.70. The number of halogens is 5. The summed E-state index contributed by atoms with van der Waals surface area (Å²) in [5.41, 5.74) is 2.40. The van der Waals surface area contributed by atoms with Gasteiger partial charge in [-0.2, -0.15) is 13.2 Å². The Morgan fingerprint density at radius 2 is 1.38 bits per heavy atom. The lowest BCUT2D eigenvalue weighted by atomic mass is 9.99. The number of hydrogen-bond donors (Lipinski definition) is 0. The van der Waals surface area contributed by atoms with Crippen LogP contribution in [-0.2, 0) is 25.4 Å². The third-order valence-corrected chi connectivity index (χ3v) is 5.77. The molecule has 0 saturated carbocycles. The molecule has 0 saturated heterocycles. The average molecular weight is 464 g/mol. The second kappa shape index (κ2) is 9.69. The van der Waals surface area contributed by atoms with Gasteiger partial charge in [0, 0.05) is 10.9 Å². The highest BCUT2D eigenvalue weighted by Crippen LogP contribution is 2.31. The second-order valence-corrected chi connectivity index (χ2v) is 8.10. The molecule has 0 aliphatic carbocycles. The molecule has 0 atom stereocenters. The van der Waals surface area contributed by atoms with Gasteiger partial charge in [-0.1, -0.05) is 67.3 Å². The molecule has 0 unspecified atom stereocenters. The van der Waals surface area contributed by atoms with Gasteiger partial charge in [0.1, 0.15) is 11.6 Å². The summed E-state index contributed by atoms with van der Waals surface area (Å²) in [5.74, 6) is 3.23. The van der Waals surface area contributed by atoms with Crippen LogP contribution in [0.25, 0.3) is 10.8 Å². The van der Waals surface area contributed by atoms with Gasteiger partial charge in [0.2, 0.25) is 0 Å². The van der Waals surface area contributed by atoms with E-state index in [1.807, 2.05) is 12.1 Å². The van der Waals surface area contributed by atoms with Crippen LogP contribution in [0.4, 0.5) is 22.0 Å². The van der Waals surface area contributed by atoms with Crippen molar-refractivity contribution < 1.29 is 22.0 Å². The van der Waals surface area contributed by atoms with E-state index in [2.05, 4.69) is 43.0 Å². The standard InChI is InChI=1S/C29H21F5/c1-2-19-3-5-20(6-4-19)7-8-21-10-15-25-24(17-21)14-13-23(28(25)31)12-9-22-11-16-26(27(30)18-22)29(32,33)34/h3-6,10-11,13-18H,2,7-8H2,1H3. The highest BCUT2D eigenvalue weighted by molar-refractivity contribution is 5.85. The summed E-state index contributed by atoms with van der Waals surface area (Å²) >= 11 is 0. The van der Waals surface area contributed by atoms with Crippen LogP contribution < -0.4 is 0 Å². The van der Waals surface area contributed by atoms with Gasteiger partial charge in [-0.05, 0) is 65.6 Å². The Hall–Kier alpha value is -3.65. The molecule has 34 heavy (non-hydrogen) atoms. The zero-order valence-corrected chi connectivity index (χ0v) is 18.4. The SMILES string of the molecule is CCc1ccc(CCc2ccc3c(F)c(C#Cc4ccc(C(F)(F)F)c(F)c4)ccc3c2)cc1. The van der Waals surface area contributed by atoms with Crippen LogP contribution in [0, 0.1) is 23.5 Å². The van der Waals surface area contributed by atoms with E-state index in [0.717, 1.165) is 36.3 Å². The van der Waals surface area contributed by atoms with Crippen molar-refractivity contribution in [2.75, 3.05) is 0 Å². The third-order valence-electron chi connectivity index (χ3n) is 5.77. The lowest BCUT2D eigenvalue weighted by molar-refractivity contribution is -0.140. The third kappa shape index (κ3) is 5.28. The fourth-order valence-electron chi connectivity index (χ4n) is 3.79. The molecule has 0 heterocycles. The molecule has 0 aliphatic rings. The van der Waals surface area contributed by atoms with Crippen molar-refractivity contribution in [1.82, 2.24) is 0 Å². The van der Waals surface area contributed by atoms with Crippen LogP contribution >= 0.6 is 0 Å². The first-order valence-corrected chi connectivity index (χ1v) is 10.9. The summed E-state index contributed by atoms with van der Waals surface area (Å²) in [5, 5.41) is 1.14. The van der Waals surface area contributed by atoms with Crippen LogP contribution in [0.2, 0.25) is 0 Å². The van der Waals surface area contributed by atoms with Crippen molar-refractivity contribution in [3.63, 3.8) is 0 Å². The highest BCUT2D eigenvalue weighted by Gasteiger charge is 2.33. The van der Waals surface area contributed by atoms with Crippen molar-refractivity contribution in [3.05, 3.63) is 118 Å². The van der Waals surface area contributed by atoms with Gasteiger partial charge in [-0.25, -0.2) is 8.78 Å². The minimum absolute atomic E-state index is 0.0346. The van der Waals surface area contributed by atoms with Gasteiger partial charge >= 0.3 is 6.18 Å². The molecular weight excluding hydrogens is 443 g/mol. The monoisotopic (exact) mass is 464 g/mol. The molecule has 4 aromatic rings. The largest absolute Gasteiger partial charge is 0.419 e. The van der Waals surface area contributed by atoms with Gasteiger partial charge in [0.05, 0.1) is 11.1 Å². The Morgan fingerprint density at radius 3 is 2.06 bits per heavy atom. The van der Waals surface area contributed by atoms with E-state index in [9.17, 15) is 17.6 Å². The number of fused-ring (bicyclic) bond motifs is 1. The maximum absolute atomic E-state index is 15.0. The van der Waals surface area contributed by atoms with Gasteiger partial charge in [0.25, 0.3) is 0 Å². The minimum Gasteiger partial charge on any atom is -0.206 e. The topological polar surface area (TPSA) is 0 Å². The molecule has 4 aromatic carbocycles. The molecule has 0 aromatic heterocycles. The number of hydrogen-bond acceptors (Lipinski definition) is 0. The number of benzene rings is 4. The smallest absolute Gasteiger partial charge is 0.206 e. The first-order chi connectivity index (χ1) is 16.2. The summed E-state index contributed by atoms with van der Waals surface area (Å²) in [4.78, 5) is 0. The summed E-state index contributed by atoms with van der Waals surface area (Å²) in [7, 11) is 0. The maximum atomic E-state index is 15.0. The van der Waals surface area contributed by atoms with Crippen molar-refractivity contribution in [3.8, 4) is 11.8 Å². The van der Waals surface area contributed by atoms with Gasteiger partial charge in [-0.15, -0.1) is 0 Å². The van der Waals surface area contributed by atoms with E-state index in [0.29, 0.717) is 17.5 Å². The number of alkyl halides is 3. The van der Waals surface area contributed by atoms with Crippen LogP contribution in [0.5, 0.6) is 0 Å². The Bertz CT molecular complexity index is 1390. The average Bonchev–Trinajstić information content (AvgIpc) is 2.82. The molecule has 0 fully saturated rings. The first kappa shape index (κ1) is 23.5. The zero-order valence-electron chi connectivity index (χ0n) is 18.4. The fourth-order valence-corrected chi connectivity index (χ4v) is 3.79. The van der Waals surface area contributed by atoms with Crippen LogP contribution in [0.15, 0.2) is 72.8 Å². The lowest BCUT2D eigenvalue weighted by Gasteiger charge is -2.07. The van der Waals surface area contributed by atoms with E-state index >= 15 is 4.39 Å². The van der Waals surface area contributed by atoms with E-state index in [4.69, 9.17) is 0 Å². The molecule has 4 rings (SSSR count). The Labute approximate surface area is 195 Å². The highest BCUT2D eigenvalue weighted by atomic mass is 19.4. The van der Waals surface area contributed by atoms with Crippen LogP contribution in [0.3, 0.4) is 0 Å². The van der Waals surface area contributed by atoms with Crippen molar-refractivity contribution in [1.29, 1.82) is 0 Å². The summed E-state index contributed by atoms with van der Waals surface area (Å²) in [6, 6.07) is 19.8. The lowest BCUT2D eigenvalue weighted by Crippen LogP contribution is -2.07. The fraction of sp³-hybridized carbons (Fsp3) is 0.172. The van der Waals surface area contributed by atoms with Gasteiger partial charge in [0.15, 0.2) is 0 Å². The molecule has 172 valence electrons. The molecule has 0 radical (unpaired) electrons. The van der Waals surface area contributed by atoms with E-state index in [1.165, 1.54) is 17.2 Å². The first-order valence-electron chi connectivity index (χ1n) is 10.9. The van der Waals surface area contributed by atoms with Crippen molar-refractivity contribution in [2.45, 2.75) is 32.4 Å². The van der Waals surface area contributed by atoms with Crippen molar-refractivity contribution in [2.24, 2.45) is 0 Å². The zero-order chi connectivity index (χ0) is 24.3. The summed E-state index contributed by atoms with van der Waals surface area (Å²) in [6.07, 6.45) is -2.07.